The van der Waals surface area contributed by atoms with E-state index in [1.165, 1.54) is 5.56 Å². The Balaban J connectivity index is 2.06. The van der Waals surface area contributed by atoms with Gasteiger partial charge in [0, 0.05) is 25.8 Å². The van der Waals surface area contributed by atoms with Gasteiger partial charge >= 0.3 is 5.97 Å². The number of ether oxygens (including phenoxy) is 3. The molecule has 0 radical (unpaired) electrons. The molecule has 6 heteroatoms. The van der Waals surface area contributed by atoms with Crippen LogP contribution in [0, 0.1) is 0 Å². The van der Waals surface area contributed by atoms with Crippen molar-refractivity contribution in [3.8, 4) is 5.75 Å². The molecule has 0 aliphatic carbocycles. The zero-order valence-electron chi connectivity index (χ0n) is 18.8. The van der Waals surface area contributed by atoms with Crippen molar-refractivity contribution in [1.29, 1.82) is 0 Å². The molecule has 0 saturated carbocycles. The SMILES string of the molecule is CCOC(=O)C(Cl)C(=O)CC/C(C)=C/CC1OC(C)(C)Oc2c(C(C)C)cccc21. The largest absolute Gasteiger partial charge is 0.465 e. The van der Waals surface area contributed by atoms with E-state index in [2.05, 4.69) is 26.0 Å². The van der Waals surface area contributed by atoms with E-state index >= 15 is 0 Å². The van der Waals surface area contributed by atoms with Crippen LogP contribution in [-0.2, 0) is 19.1 Å². The first-order chi connectivity index (χ1) is 14.1. The van der Waals surface area contributed by atoms with Crippen LogP contribution in [0.25, 0.3) is 0 Å². The molecule has 0 fully saturated rings. The Morgan fingerprint density at radius 3 is 2.60 bits per heavy atom. The molecule has 1 aromatic rings. The van der Waals surface area contributed by atoms with E-state index in [0.29, 0.717) is 18.8 Å². The third-order valence-corrected chi connectivity index (χ3v) is 5.46. The molecule has 0 saturated heterocycles. The zero-order valence-corrected chi connectivity index (χ0v) is 19.5. The van der Waals surface area contributed by atoms with Crippen LogP contribution in [0.5, 0.6) is 5.75 Å². The number of benzene rings is 1. The van der Waals surface area contributed by atoms with Crippen LogP contribution in [0.2, 0.25) is 0 Å². The summed E-state index contributed by atoms with van der Waals surface area (Å²) in [5.41, 5.74) is 3.27. The quantitative estimate of drug-likeness (QED) is 0.210. The summed E-state index contributed by atoms with van der Waals surface area (Å²) < 4.78 is 17.1. The molecule has 30 heavy (non-hydrogen) atoms. The van der Waals surface area contributed by atoms with E-state index in [1.807, 2.05) is 32.9 Å². The average molecular weight is 437 g/mol. The van der Waals surface area contributed by atoms with Gasteiger partial charge in [0.25, 0.3) is 0 Å². The first kappa shape index (κ1) is 24.4. The number of rotatable bonds is 9. The molecule has 2 atom stereocenters. The molecule has 2 rings (SSSR count). The van der Waals surface area contributed by atoms with Gasteiger partial charge in [-0.05, 0) is 38.2 Å². The zero-order chi connectivity index (χ0) is 22.5. The van der Waals surface area contributed by atoms with E-state index in [1.54, 1.807) is 6.92 Å². The van der Waals surface area contributed by atoms with Gasteiger partial charge < -0.3 is 14.2 Å². The summed E-state index contributed by atoms with van der Waals surface area (Å²) in [5.74, 6) is -0.458. The Morgan fingerprint density at radius 2 is 1.97 bits per heavy atom. The second-order valence-electron chi connectivity index (χ2n) is 8.40. The molecule has 0 spiro atoms. The van der Waals surface area contributed by atoms with Gasteiger partial charge in [-0.15, -0.1) is 11.6 Å². The molecule has 2 unspecified atom stereocenters. The molecule has 1 aromatic carbocycles. The number of hydrogen-bond acceptors (Lipinski definition) is 5. The second-order valence-corrected chi connectivity index (χ2v) is 8.83. The average Bonchev–Trinajstić information content (AvgIpc) is 2.68. The number of halogens is 1. The smallest absolute Gasteiger partial charge is 0.331 e. The summed E-state index contributed by atoms with van der Waals surface area (Å²) in [6.45, 7) is 12.0. The number of ketones is 1. The third kappa shape index (κ3) is 6.32. The van der Waals surface area contributed by atoms with Crippen molar-refractivity contribution in [2.24, 2.45) is 0 Å². The maximum atomic E-state index is 12.1. The van der Waals surface area contributed by atoms with Gasteiger partial charge in [0.05, 0.1) is 12.7 Å². The summed E-state index contributed by atoms with van der Waals surface area (Å²) in [6.07, 6.45) is 3.35. The van der Waals surface area contributed by atoms with Crippen molar-refractivity contribution in [2.45, 2.75) is 84.0 Å². The van der Waals surface area contributed by atoms with Gasteiger partial charge in [0.15, 0.2) is 11.2 Å². The van der Waals surface area contributed by atoms with Gasteiger partial charge in [-0.1, -0.05) is 43.7 Å². The Morgan fingerprint density at radius 1 is 1.27 bits per heavy atom. The highest BCUT2D eigenvalue weighted by Crippen LogP contribution is 2.44. The van der Waals surface area contributed by atoms with Crippen molar-refractivity contribution >= 4 is 23.4 Å². The van der Waals surface area contributed by atoms with Crippen LogP contribution in [-0.4, -0.2) is 29.5 Å². The van der Waals surface area contributed by atoms with E-state index in [9.17, 15) is 9.59 Å². The molecule has 0 N–H and O–H groups in total. The Labute approximate surface area is 184 Å². The fourth-order valence-electron chi connectivity index (χ4n) is 3.45. The van der Waals surface area contributed by atoms with Crippen LogP contribution < -0.4 is 4.74 Å². The maximum absolute atomic E-state index is 12.1. The normalized spacial score (nSPS) is 19.1. The van der Waals surface area contributed by atoms with Crippen LogP contribution in [0.1, 0.15) is 84.0 Å². The number of alkyl halides is 1. The fraction of sp³-hybridized carbons (Fsp3) is 0.583. The molecular weight excluding hydrogens is 404 g/mol. The van der Waals surface area contributed by atoms with E-state index in [0.717, 1.165) is 16.9 Å². The minimum Gasteiger partial charge on any atom is -0.465 e. The predicted molar refractivity (Wildman–Crippen MR) is 118 cm³/mol. The molecule has 0 aromatic heterocycles. The van der Waals surface area contributed by atoms with E-state index in [-0.39, 0.29) is 24.9 Å². The van der Waals surface area contributed by atoms with Crippen molar-refractivity contribution in [2.75, 3.05) is 6.61 Å². The Bertz CT molecular complexity index is 797. The number of carbonyl (C=O) groups is 2. The molecule has 0 amide bonds. The molecular formula is C24H33ClO5. The summed E-state index contributed by atoms with van der Waals surface area (Å²) in [5, 5.41) is -1.24. The van der Waals surface area contributed by atoms with Crippen molar-refractivity contribution < 1.29 is 23.8 Å². The highest BCUT2D eigenvalue weighted by molar-refractivity contribution is 6.41. The molecule has 1 aliphatic rings. The van der Waals surface area contributed by atoms with Gasteiger partial charge in [-0.2, -0.15) is 0 Å². The van der Waals surface area contributed by atoms with Gasteiger partial charge in [0.2, 0.25) is 5.79 Å². The predicted octanol–water partition coefficient (Wildman–Crippen LogP) is 5.85. The fourth-order valence-corrected chi connectivity index (χ4v) is 3.63. The van der Waals surface area contributed by atoms with Gasteiger partial charge in [-0.3, -0.25) is 4.79 Å². The summed E-state index contributed by atoms with van der Waals surface area (Å²) in [6, 6.07) is 6.18. The lowest BCUT2D eigenvalue weighted by atomic mass is 9.93. The van der Waals surface area contributed by atoms with Gasteiger partial charge in [-0.25, -0.2) is 4.79 Å². The van der Waals surface area contributed by atoms with E-state index < -0.39 is 17.1 Å². The topological polar surface area (TPSA) is 61.8 Å². The number of esters is 1. The number of para-hydroxylation sites is 1. The van der Waals surface area contributed by atoms with Crippen molar-refractivity contribution in [3.05, 3.63) is 41.0 Å². The number of hydrogen-bond donors (Lipinski definition) is 0. The number of Topliss-reactive ketones (excluding diaryl/α,β-unsaturated/α-hetero) is 1. The minimum absolute atomic E-state index is 0.131. The molecule has 5 nitrogen and oxygen atoms in total. The molecule has 0 bridgehead atoms. The maximum Gasteiger partial charge on any atom is 0.331 e. The molecule has 1 heterocycles. The minimum atomic E-state index is -1.24. The number of allylic oxidation sites excluding steroid dienone is 1. The monoisotopic (exact) mass is 436 g/mol. The Hall–Kier alpha value is -1.85. The van der Waals surface area contributed by atoms with Crippen LogP contribution in [0.4, 0.5) is 0 Å². The lowest BCUT2D eigenvalue weighted by Crippen LogP contribution is -2.38. The van der Waals surface area contributed by atoms with Crippen LogP contribution in [0.15, 0.2) is 29.8 Å². The van der Waals surface area contributed by atoms with E-state index in [4.69, 9.17) is 25.8 Å². The summed E-state index contributed by atoms with van der Waals surface area (Å²) in [4.78, 5) is 23.7. The molecule has 1 aliphatic heterocycles. The highest BCUT2D eigenvalue weighted by atomic mass is 35.5. The van der Waals surface area contributed by atoms with Gasteiger partial charge in [0.1, 0.15) is 5.75 Å². The standard InChI is InChI=1S/C24H33ClO5/c1-7-28-23(27)21(25)19(26)13-11-16(4)12-14-20-18-10-8-9-17(15(2)3)22(18)30-24(5,6)29-20/h8-10,12,15,20-21H,7,11,13-14H2,1-6H3/b16-12+. The summed E-state index contributed by atoms with van der Waals surface area (Å²) in [7, 11) is 0. The second kappa shape index (κ2) is 10.5. The number of fused-ring (bicyclic) bond motifs is 1. The third-order valence-electron chi connectivity index (χ3n) is 5.04. The highest BCUT2D eigenvalue weighted by Gasteiger charge is 2.35. The van der Waals surface area contributed by atoms with Crippen molar-refractivity contribution in [3.63, 3.8) is 0 Å². The molecule has 166 valence electrons. The van der Waals surface area contributed by atoms with Crippen LogP contribution >= 0.6 is 11.6 Å². The Kier molecular flexibility index (Phi) is 8.51. The number of carbonyl (C=O) groups excluding carboxylic acids is 2. The first-order valence-electron chi connectivity index (χ1n) is 10.5. The first-order valence-corrected chi connectivity index (χ1v) is 11.0. The lowest BCUT2D eigenvalue weighted by molar-refractivity contribution is -0.206. The van der Waals surface area contributed by atoms with Crippen molar-refractivity contribution in [1.82, 2.24) is 0 Å². The summed E-state index contributed by atoms with van der Waals surface area (Å²) >= 11 is 5.89. The van der Waals surface area contributed by atoms with Crippen LogP contribution in [0.3, 0.4) is 0 Å². The lowest BCUT2D eigenvalue weighted by Gasteiger charge is -2.39.